The molecule has 1 aromatic rings. The molecule has 1 aromatic heterocycles. The van der Waals surface area contributed by atoms with E-state index in [1.54, 1.807) is 0 Å². The Morgan fingerprint density at radius 1 is 1.42 bits per heavy atom. The van der Waals surface area contributed by atoms with E-state index in [4.69, 9.17) is 0 Å². The van der Waals surface area contributed by atoms with Gasteiger partial charge in [0.1, 0.15) is 0 Å². The van der Waals surface area contributed by atoms with Crippen LogP contribution in [0.4, 0.5) is 13.2 Å². The molecule has 0 aliphatic rings. The number of alkyl halides is 4. The minimum atomic E-state index is -4.44. The summed E-state index contributed by atoms with van der Waals surface area (Å²) < 4.78 is 36.4. The number of rotatable bonds is 1. The Morgan fingerprint density at radius 3 is 2.58 bits per heavy atom. The molecule has 0 aliphatic carbocycles. The zero-order valence-corrected chi connectivity index (χ0v) is 7.93. The zero-order valence-electron chi connectivity index (χ0n) is 5.77. The Labute approximate surface area is 80.4 Å². The fraction of sp³-hybridized carbons (Fsp3) is 0.333. The van der Waals surface area contributed by atoms with E-state index in [9.17, 15) is 13.2 Å². The van der Waals surface area contributed by atoms with E-state index in [-0.39, 0.29) is 0 Å². The average Bonchev–Trinajstić information content (AvgIpc) is 2.03. The van der Waals surface area contributed by atoms with Crippen LogP contribution >= 0.6 is 22.6 Å². The molecule has 6 heteroatoms. The predicted molar refractivity (Wildman–Crippen MR) is 44.8 cm³/mol. The van der Waals surface area contributed by atoms with E-state index in [1.165, 1.54) is 6.07 Å². The second kappa shape index (κ2) is 3.55. The van der Waals surface area contributed by atoms with Crippen LogP contribution in [0.5, 0.6) is 0 Å². The van der Waals surface area contributed by atoms with E-state index >= 15 is 0 Å². The first kappa shape index (κ1) is 9.69. The van der Waals surface area contributed by atoms with Crippen LogP contribution in [0, 0.1) is 0 Å². The lowest BCUT2D eigenvalue weighted by molar-refractivity contribution is -0.145. The average molecular weight is 288 g/mol. The molecule has 1 heterocycles. The van der Waals surface area contributed by atoms with Crippen LogP contribution in [0.25, 0.3) is 0 Å². The van der Waals surface area contributed by atoms with Gasteiger partial charge in [-0.1, -0.05) is 22.6 Å². The molecule has 12 heavy (non-hydrogen) atoms. The van der Waals surface area contributed by atoms with Gasteiger partial charge in [0.05, 0.1) is 5.69 Å². The van der Waals surface area contributed by atoms with Crippen LogP contribution < -0.4 is 0 Å². The smallest absolute Gasteiger partial charge is 0.233 e. The maximum atomic E-state index is 12.0. The van der Waals surface area contributed by atoms with E-state index in [1.807, 2.05) is 22.6 Å². The summed E-state index contributed by atoms with van der Waals surface area (Å²) in [5.74, 6) is -1.07. The monoisotopic (exact) mass is 288 g/mol. The van der Waals surface area contributed by atoms with Crippen LogP contribution in [-0.4, -0.2) is 9.97 Å². The van der Waals surface area contributed by atoms with Crippen LogP contribution in [0.15, 0.2) is 12.3 Å². The third-order valence-electron chi connectivity index (χ3n) is 1.10. The van der Waals surface area contributed by atoms with Gasteiger partial charge in [0.2, 0.25) is 5.82 Å². The number of nitrogens with zero attached hydrogens (tertiary/aromatic N) is 2. The fourth-order valence-electron chi connectivity index (χ4n) is 0.607. The summed E-state index contributed by atoms with van der Waals surface area (Å²) in [6, 6.07) is 1.46. The zero-order chi connectivity index (χ0) is 9.19. The topological polar surface area (TPSA) is 25.8 Å². The van der Waals surface area contributed by atoms with Crippen molar-refractivity contribution >= 4 is 22.6 Å². The highest BCUT2D eigenvalue weighted by Gasteiger charge is 2.34. The standard InChI is InChI=1S/C6H4F3IN2/c7-6(8,9)5-11-2-1-4(3-10)12-5/h1-2H,3H2. The summed E-state index contributed by atoms with van der Waals surface area (Å²) >= 11 is 1.94. The van der Waals surface area contributed by atoms with Gasteiger partial charge in [-0.2, -0.15) is 13.2 Å². The van der Waals surface area contributed by atoms with Crippen molar-refractivity contribution in [3.05, 3.63) is 23.8 Å². The summed E-state index contributed by atoms with van der Waals surface area (Å²) in [6.45, 7) is 0. The first-order chi connectivity index (χ1) is 5.54. The Morgan fingerprint density at radius 2 is 2.08 bits per heavy atom. The summed E-state index contributed by atoms with van der Waals surface area (Å²) in [6.07, 6.45) is -3.33. The molecule has 0 amide bonds. The normalized spacial score (nSPS) is 11.7. The molecule has 0 radical (unpaired) electrons. The molecule has 0 spiro atoms. The Hall–Kier alpha value is -0.400. The van der Waals surface area contributed by atoms with Crippen molar-refractivity contribution in [2.45, 2.75) is 10.6 Å². The molecule has 0 unspecified atom stereocenters. The van der Waals surface area contributed by atoms with Crippen molar-refractivity contribution < 1.29 is 13.2 Å². The highest BCUT2D eigenvalue weighted by Crippen LogP contribution is 2.25. The lowest BCUT2D eigenvalue weighted by Gasteiger charge is -2.04. The maximum absolute atomic E-state index is 12.0. The Balaban J connectivity index is 3.02. The minimum absolute atomic E-state index is 0.387. The molecule has 0 N–H and O–H groups in total. The van der Waals surface area contributed by atoms with Crippen LogP contribution in [-0.2, 0) is 10.6 Å². The van der Waals surface area contributed by atoms with Crippen molar-refractivity contribution in [1.82, 2.24) is 9.97 Å². The molecule has 0 saturated heterocycles. The van der Waals surface area contributed by atoms with E-state index in [0.29, 0.717) is 10.1 Å². The van der Waals surface area contributed by atoms with Gasteiger partial charge in [0.25, 0.3) is 0 Å². The van der Waals surface area contributed by atoms with E-state index < -0.39 is 12.0 Å². The first-order valence-corrected chi connectivity index (χ1v) is 4.51. The van der Waals surface area contributed by atoms with Crippen molar-refractivity contribution in [3.8, 4) is 0 Å². The number of hydrogen-bond donors (Lipinski definition) is 0. The third-order valence-corrected chi connectivity index (χ3v) is 1.89. The van der Waals surface area contributed by atoms with Crippen LogP contribution in [0.2, 0.25) is 0 Å². The van der Waals surface area contributed by atoms with Gasteiger partial charge in [-0.15, -0.1) is 0 Å². The van der Waals surface area contributed by atoms with E-state index in [0.717, 1.165) is 6.20 Å². The van der Waals surface area contributed by atoms with Gasteiger partial charge < -0.3 is 0 Å². The number of halogens is 4. The second-order valence-electron chi connectivity index (χ2n) is 2.00. The number of hydrogen-bond acceptors (Lipinski definition) is 2. The third kappa shape index (κ3) is 2.29. The van der Waals surface area contributed by atoms with Crippen molar-refractivity contribution in [3.63, 3.8) is 0 Å². The summed E-state index contributed by atoms with van der Waals surface area (Å²) in [5, 5.41) is 0. The van der Waals surface area contributed by atoms with Crippen molar-refractivity contribution in [2.75, 3.05) is 0 Å². The molecule has 0 aromatic carbocycles. The SMILES string of the molecule is FC(F)(F)c1nccc(CI)n1. The first-order valence-electron chi connectivity index (χ1n) is 2.99. The molecular weight excluding hydrogens is 284 g/mol. The van der Waals surface area contributed by atoms with E-state index in [2.05, 4.69) is 9.97 Å². The van der Waals surface area contributed by atoms with Crippen molar-refractivity contribution in [2.24, 2.45) is 0 Å². The van der Waals surface area contributed by atoms with Gasteiger partial charge in [0.15, 0.2) is 0 Å². The lowest BCUT2D eigenvalue weighted by Crippen LogP contribution is -2.11. The summed E-state index contributed by atoms with van der Waals surface area (Å²) in [5.41, 5.74) is 0.387. The van der Waals surface area contributed by atoms with Gasteiger partial charge in [-0.05, 0) is 6.07 Å². The molecule has 1 rings (SSSR count). The Kier molecular flexibility index (Phi) is 2.86. The van der Waals surface area contributed by atoms with Crippen LogP contribution in [0.1, 0.15) is 11.5 Å². The van der Waals surface area contributed by atoms with Crippen molar-refractivity contribution in [1.29, 1.82) is 0 Å². The highest BCUT2D eigenvalue weighted by molar-refractivity contribution is 14.1. The molecule has 2 nitrogen and oxygen atoms in total. The number of aromatic nitrogens is 2. The van der Waals surface area contributed by atoms with Crippen LogP contribution in [0.3, 0.4) is 0 Å². The molecule has 0 aliphatic heterocycles. The van der Waals surface area contributed by atoms with Gasteiger partial charge in [0, 0.05) is 10.6 Å². The highest BCUT2D eigenvalue weighted by atomic mass is 127. The molecule has 0 bridgehead atoms. The maximum Gasteiger partial charge on any atom is 0.451 e. The molecule has 0 saturated carbocycles. The summed E-state index contributed by atoms with van der Waals surface area (Å²) in [4.78, 5) is 6.44. The quantitative estimate of drug-likeness (QED) is 0.586. The van der Waals surface area contributed by atoms with Gasteiger partial charge >= 0.3 is 6.18 Å². The second-order valence-corrected chi connectivity index (χ2v) is 2.77. The molecule has 0 fully saturated rings. The fourth-order valence-corrected chi connectivity index (χ4v) is 1.03. The predicted octanol–water partition coefficient (Wildman–Crippen LogP) is 2.43. The summed E-state index contributed by atoms with van der Waals surface area (Å²) in [7, 11) is 0. The Bertz CT molecular complexity index is 274. The molecular formula is C6H4F3IN2. The van der Waals surface area contributed by atoms with Gasteiger partial charge in [-0.25, -0.2) is 9.97 Å². The van der Waals surface area contributed by atoms with Gasteiger partial charge in [-0.3, -0.25) is 0 Å². The molecule has 0 atom stereocenters. The minimum Gasteiger partial charge on any atom is -0.233 e. The lowest BCUT2D eigenvalue weighted by atomic mass is 10.4. The molecule has 66 valence electrons. The largest absolute Gasteiger partial charge is 0.451 e.